The minimum Gasteiger partial charge on any atom is -0.488 e. The fraction of sp³-hybridized carbons (Fsp3) is 0.400. The molecule has 1 aromatic rings. The molecule has 0 spiro atoms. The molecular weight excluding hydrogens is 388 g/mol. The number of carbonyl (C=O) groups excluding carboxylic acids is 1. The summed E-state index contributed by atoms with van der Waals surface area (Å²) in [5, 5.41) is 0. The summed E-state index contributed by atoms with van der Waals surface area (Å²) in [7, 11) is 0. The smallest absolute Gasteiger partial charge is 0.333 e. The Morgan fingerprint density at radius 1 is 1.25 bits per heavy atom. The van der Waals surface area contributed by atoms with E-state index in [2.05, 4.69) is 45.4 Å². The van der Waals surface area contributed by atoms with Crippen molar-refractivity contribution in [2.45, 2.75) is 26.7 Å². The second kappa shape index (κ2) is 8.47. The van der Waals surface area contributed by atoms with Crippen LogP contribution in [0.5, 0.6) is 5.75 Å². The van der Waals surface area contributed by atoms with E-state index in [4.69, 9.17) is 9.47 Å². The molecule has 0 bridgehead atoms. The number of halogens is 2. The number of carbonyl (C=O) groups is 1. The third kappa shape index (κ3) is 5.29. The predicted octanol–water partition coefficient (Wildman–Crippen LogP) is 4.66. The SMILES string of the molecule is C=C(C)C(=O)OCCOc1c(Br)cc(CCC)cc1Br. The van der Waals surface area contributed by atoms with Crippen LogP contribution in [0.25, 0.3) is 0 Å². The molecule has 0 aliphatic heterocycles. The fourth-order valence-electron chi connectivity index (χ4n) is 1.58. The topological polar surface area (TPSA) is 35.5 Å². The van der Waals surface area contributed by atoms with Crippen LogP contribution in [-0.4, -0.2) is 19.2 Å². The van der Waals surface area contributed by atoms with Crippen molar-refractivity contribution in [2.75, 3.05) is 13.2 Å². The van der Waals surface area contributed by atoms with Crippen LogP contribution in [-0.2, 0) is 16.0 Å². The maximum Gasteiger partial charge on any atom is 0.333 e. The number of benzene rings is 1. The standard InChI is InChI=1S/C15H18Br2O3/c1-4-5-11-8-12(16)14(13(17)9-11)19-6-7-20-15(18)10(2)3/h8-9H,2,4-7H2,1,3H3. The number of ether oxygens (including phenoxy) is 2. The summed E-state index contributed by atoms with van der Waals surface area (Å²) in [6.07, 6.45) is 2.11. The molecule has 1 rings (SSSR count). The van der Waals surface area contributed by atoms with Crippen molar-refractivity contribution in [2.24, 2.45) is 0 Å². The van der Waals surface area contributed by atoms with Gasteiger partial charge >= 0.3 is 5.97 Å². The Morgan fingerprint density at radius 2 is 1.85 bits per heavy atom. The Bertz CT molecular complexity index is 475. The van der Waals surface area contributed by atoms with Crippen LogP contribution >= 0.6 is 31.9 Å². The summed E-state index contributed by atoms with van der Waals surface area (Å²) >= 11 is 6.99. The van der Waals surface area contributed by atoms with Gasteiger partial charge in [-0.25, -0.2) is 4.79 Å². The second-order valence-corrected chi connectivity index (χ2v) is 6.11. The lowest BCUT2D eigenvalue weighted by atomic mass is 10.1. The van der Waals surface area contributed by atoms with Crippen molar-refractivity contribution in [3.63, 3.8) is 0 Å². The molecule has 110 valence electrons. The molecule has 0 aromatic heterocycles. The highest BCUT2D eigenvalue weighted by Gasteiger charge is 2.09. The summed E-state index contributed by atoms with van der Waals surface area (Å²) < 4.78 is 12.4. The van der Waals surface area contributed by atoms with E-state index in [0.29, 0.717) is 12.2 Å². The first-order valence-corrected chi connectivity index (χ1v) is 7.97. The summed E-state index contributed by atoms with van der Waals surface area (Å²) in [6.45, 7) is 7.76. The van der Waals surface area contributed by atoms with E-state index < -0.39 is 5.97 Å². The van der Waals surface area contributed by atoms with Crippen molar-refractivity contribution in [1.29, 1.82) is 0 Å². The van der Waals surface area contributed by atoms with Crippen LogP contribution in [0, 0.1) is 0 Å². The normalized spacial score (nSPS) is 10.2. The Morgan fingerprint density at radius 3 is 2.35 bits per heavy atom. The lowest BCUT2D eigenvalue weighted by Crippen LogP contribution is -2.12. The van der Waals surface area contributed by atoms with Crippen molar-refractivity contribution in [1.82, 2.24) is 0 Å². The van der Waals surface area contributed by atoms with Gasteiger partial charge in [-0.1, -0.05) is 19.9 Å². The molecule has 0 saturated heterocycles. The maximum atomic E-state index is 11.2. The molecule has 0 atom stereocenters. The largest absolute Gasteiger partial charge is 0.488 e. The molecule has 0 fully saturated rings. The Kier molecular flexibility index (Phi) is 7.30. The number of hydrogen-bond acceptors (Lipinski definition) is 3. The molecule has 3 nitrogen and oxygen atoms in total. The van der Waals surface area contributed by atoms with Gasteiger partial charge in [-0.3, -0.25) is 0 Å². The van der Waals surface area contributed by atoms with Crippen LogP contribution in [0.2, 0.25) is 0 Å². The molecule has 0 radical (unpaired) electrons. The molecular formula is C15H18Br2O3. The Hall–Kier alpha value is -0.810. The van der Waals surface area contributed by atoms with Gasteiger partial charge in [0, 0.05) is 5.57 Å². The van der Waals surface area contributed by atoms with Crippen molar-refractivity contribution in [3.05, 3.63) is 38.8 Å². The van der Waals surface area contributed by atoms with E-state index in [1.165, 1.54) is 5.56 Å². The maximum absolute atomic E-state index is 11.2. The van der Waals surface area contributed by atoms with E-state index in [0.717, 1.165) is 27.5 Å². The quantitative estimate of drug-likeness (QED) is 0.376. The molecule has 0 heterocycles. The van der Waals surface area contributed by atoms with Gasteiger partial charge in [0.1, 0.15) is 19.0 Å². The molecule has 0 aliphatic rings. The van der Waals surface area contributed by atoms with Crippen LogP contribution in [0.3, 0.4) is 0 Å². The third-order valence-electron chi connectivity index (χ3n) is 2.51. The summed E-state index contributed by atoms with van der Waals surface area (Å²) in [5.74, 6) is 0.321. The van der Waals surface area contributed by atoms with Gasteiger partial charge in [-0.2, -0.15) is 0 Å². The van der Waals surface area contributed by atoms with Gasteiger partial charge in [0.15, 0.2) is 0 Å². The van der Waals surface area contributed by atoms with Gasteiger partial charge in [0.25, 0.3) is 0 Å². The first kappa shape index (κ1) is 17.2. The molecule has 5 heteroatoms. The number of aryl methyl sites for hydroxylation is 1. The van der Waals surface area contributed by atoms with E-state index in [1.54, 1.807) is 6.92 Å². The zero-order valence-corrected chi connectivity index (χ0v) is 14.8. The van der Waals surface area contributed by atoms with Crippen LogP contribution in [0.15, 0.2) is 33.2 Å². The van der Waals surface area contributed by atoms with Crippen LogP contribution in [0.4, 0.5) is 0 Å². The summed E-state index contributed by atoms with van der Waals surface area (Å²) in [5.41, 5.74) is 1.63. The predicted molar refractivity (Wildman–Crippen MR) is 87.1 cm³/mol. The number of esters is 1. The minimum atomic E-state index is -0.398. The van der Waals surface area contributed by atoms with Crippen molar-refractivity contribution >= 4 is 37.8 Å². The van der Waals surface area contributed by atoms with Gasteiger partial charge in [-0.05, 0) is 62.9 Å². The summed E-state index contributed by atoms with van der Waals surface area (Å²) in [6, 6.07) is 4.09. The first-order chi connectivity index (χ1) is 9.45. The van der Waals surface area contributed by atoms with Crippen molar-refractivity contribution < 1.29 is 14.3 Å². The van der Waals surface area contributed by atoms with E-state index >= 15 is 0 Å². The Labute approximate surface area is 136 Å². The average molecular weight is 406 g/mol. The van der Waals surface area contributed by atoms with Gasteiger partial charge < -0.3 is 9.47 Å². The minimum absolute atomic E-state index is 0.196. The monoisotopic (exact) mass is 404 g/mol. The van der Waals surface area contributed by atoms with Gasteiger partial charge in [0.2, 0.25) is 0 Å². The van der Waals surface area contributed by atoms with Crippen molar-refractivity contribution in [3.8, 4) is 5.75 Å². The highest BCUT2D eigenvalue weighted by molar-refractivity contribution is 9.11. The molecule has 0 unspecified atom stereocenters. The molecule has 0 aliphatic carbocycles. The Balaban J connectivity index is 2.56. The van der Waals surface area contributed by atoms with E-state index in [-0.39, 0.29) is 6.61 Å². The summed E-state index contributed by atoms with van der Waals surface area (Å²) in [4.78, 5) is 11.2. The molecule has 0 N–H and O–H groups in total. The number of hydrogen-bond donors (Lipinski definition) is 0. The zero-order valence-electron chi connectivity index (χ0n) is 11.7. The number of rotatable bonds is 7. The van der Waals surface area contributed by atoms with Gasteiger partial charge in [-0.15, -0.1) is 0 Å². The molecule has 0 amide bonds. The van der Waals surface area contributed by atoms with E-state index in [9.17, 15) is 4.79 Å². The second-order valence-electron chi connectivity index (χ2n) is 4.40. The van der Waals surface area contributed by atoms with Crippen LogP contribution in [0.1, 0.15) is 25.8 Å². The third-order valence-corrected chi connectivity index (χ3v) is 3.69. The molecule has 0 saturated carbocycles. The first-order valence-electron chi connectivity index (χ1n) is 6.39. The lowest BCUT2D eigenvalue weighted by molar-refractivity contribution is -0.139. The van der Waals surface area contributed by atoms with Gasteiger partial charge in [0.05, 0.1) is 8.95 Å². The highest BCUT2D eigenvalue weighted by atomic mass is 79.9. The lowest BCUT2D eigenvalue weighted by Gasteiger charge is -2.12. The highest BCUT2D eigenvalue weighted by Crippen LogP contribution is 2.35. The van der Waals surface area contributed by atoms with E-state index in [1.807, 2.05) is 12.1 Å². The van der Waals surface area contributed by atoms with Crippen LogP contribution < -0.4 is 4.74 Å². The fourth-order valence-corrected chi connectivity index (χ4v) is 3.09. The zero-order chi connectivity index (χ0) is 15.1. The average Bonchev–Trinajstić information content (AvgIpc) is 2.36. The molecule has 20 heavy (non-hydrogen) atoms. The molecule has 1 aromatic carbocycles.